The maximum Gasteiger partial charge on any atom is 0.237 e. The fraction of sp³-hybridized carbons (Fsp3) is 0.533. The van der Waals surface area contributed by atoms with Gasteiger partial charge in [-0.25, -0.2) is 0 Å². The molecule has 1 saturated heterocycles. The highest BCUT2D eigenvalue weighted by Gasteiger charge is 2.24. The van der Waals surface area contributed by atoms with E-state index in [1.807, 2.05) is 19.9 Å². The maximum atomic E-state index is 12.3. The molecule has 0 aliphatic carbocycles. The quantitative estimate of drug-likeness (QED) is 0.922. The maximum absolute atomic E-state index is 12.3. The first kappa shape index (κ1) is 16.6. The molecule has 0 unspecified atom stereocenters. The van der Waals surface area contributed by atoms with Gasteiger partial charge in [0.1, 0.15) is 0 Å². The number of ether oxygens (including phenoxy) is 1. The molecule has 116 valence electrons. The highest BCUT2D eigenvalue weighted by Crippen LogP contribution is 2.26. The third-order valence-corrected chi connectivity index (χ3v) is 4.32. The standard InChI is InChI=1S/C15H20Cl2N2O2/c1-10(13-4-3-12(16)9-14(13)17)18-15(20)11(2)19-5-7-21-8-6-19/h3-4,9-11H,5-8H2,1-2H3,(H,18,20)/t10-,11+/m1/s1. The van der Waals surface area contributed by atoms with E-state index in [4.69, 9.17) is 27.9 Å². The van der Waals surface area contributed by atoms with Crippen molar-refractivity contribution in [1.29, 1.82) is 0 Å². The molecular formula is C15H20Cl2N2O2. The van der Waals surface area contributed by atoms with Crippen molar-refractivity contribution in [3.8, 4) is 0 Å². The van der Waals surface area contributed by atoms with Crippen LogP contribution in [0.2, 0.25) is 10.0 Å². The zero-order valence-electron chi connectivity index (χ0n) is 12.2. The summed E-state index contributed by atoms with van der Waals surface area (Å²) in [5.74, 6) is -0.00424. The van der Waals surface area contributed by atoms with Gasteiger partial charge in [-0.05, 0) is 31.5 Å². The zero-order valence-corrected chi connectivity index (χ0v) is 13.7. The predicted octanol–water partition coefficient (Wildman–Crippen LogP) is 2.89. The SMILES string of the molecule is C[C@@H](NC(=O)[C@H](C)N1CCOCC1)c1ccc(Cl)cc1Cl. The summed E-state index contributed by atoms with van der Waals surface area (Å²) < 4.78 is 5.30. The van der Waals surface area contributed by atoms with Crippen molar-refractivity contribution in [1.82, 2.24) is 10.2 Å². The number of halogens is 2. The van der Waals surface area contributed by atoms with Crippen molar-refractivity contribution >= 4 is 29.1 Å². The predicted molar refractivity (Wildman–Crippen MR) is 84.9 cm³/mol. The third-order valence-electron chi connectivity index (χ3n) is 3.76. The summed E-state index contributed by atoms with van der Waals surface area (Å²) in [4.78, 5) is 14.5. The van der Waals surface area contributed by atoms with Crippen LogP contribution in [-0.4, -0.2) is 43.2 Å². The number of benzene rings is 1. The average molecular weight is 331 g/mol. The molecule has 21 heavy (non-hydrogen) atoms. The van der Waals surface area contributed by atoms with Crippen LogP contribution in [0.25, 0.3) is 0 Å². The first-order valence-corrected chi connectivity index (χ1v) is 7.81. The lowest BCUT2D eigenvalue weighted by Crippen LogP contribution is -2.50. The molecule has 1 fully saturated rings. The van der Waals surface area contributed by atoms with Gasteiger partial charge in [-0.2, -0.15) is 0 Å². The van der Waals surface area contributed by atoms with Gasteiger partial charge in [-0.15, -0.1) is 0 Å². The zero-order chi connectivity index (χ0) is 15.4. The first-order chi connectivity index (χ1) is 9.99. The molecule has 4 nitrogen and oxygen atoms in total. The van der Waals surface area contributed by atoms with E-state index >= 15 is 0 Å². The van der Waals surface area contributed by atoms with Crippen LogP contribution in [0.3, 0.4) is 0 Å². The Kier molecular flexibility index (Phi) is 5.88. The van der Waals surface area contributed by atoms with Gasteiger partial charge in [0.2, 0.25) is 5.91 Å². The molecule has 0 saturated carbocycles. The van der Waals surface area contributed by atoms with E-state index in [1.165, 1.54) is 0 Å². The fourth-order valence-corrected chi connectivity index (χ4v) is 2.97. The Morgan fingerprint density at radius 3 is 2.57 bits per heavy atom. The molecule has 0 radical (unpaired) electrons. The van der Waals surface area contributed by atoms with Gasteiger partial charge in [0.25, 0.3) is 0 Å². The summed E-state index contributed by atoms with van der Waals surface area (Å²) in [6.07, 6.45) is 0. The van der Waals surface area contributed by atoms with Crippen molar-refractivity contribution in [2.45, 2.75) is 25.9 Å². The summed E-state index contributed by atoms with van der Waals surface area (Å²) in [6, 6.07) is 4.96. The van der Waals surface area contributed by atoms with Crippen molar-refractivity contribution in [3.63, 3.8) is 0 Å². The molecule has 1 amide bonds. The number of rotatable bonds is 4. The smallest absolute Gasteiger partial charge is 0.237 e. The van der Waals surface area contributed by atoms with Crippen LogP contribution in [-0.2, 0) is 9.53 Å². The van der Waals surface area contributed by atoms with Gasteiger partial charge >= 0.3 is 0 Å². The number of nitrogens with zero attached hydrogens (tertiary/aromatic N) is 1. The number of carbonyl (C=O) groups excluding carboxylic acids is 1. The van der Waals surface area contributed by atoms with Crippen LogP contribution in [0, 0.1) is 0 Å². The van der Waals surface area contributed by atoms with Crippen molar-refractivity contribution in [3.05, 3.63) is 33.8 Å². The minimum Gasteiger partial charge on any atom is -0.379 e. The lowest BCUT2D eigenvalue weighted by Gasteiger charge is -2.32. The molecule has 1 aromatic rings. The highest BCUT2D eigenvalue weighted by molar-refractivity contribution is 6.35. The second kappa shape index (κ2) is 7.45. The Morgan fingerprint density at radius 1 is 1.29 bits per heavy atom. The van der Waals surface area contributed by atoms with Gasteiger partial charge in [0, 0.05) is 23.1 Å². The molecule has 1 aromatic carbocycles. The lowest BCUT2D eigenvalue weighted by atomic mass is 10.1. The Morgan fingerprint density at radius 2 is 1.95 bits per heavy atom. The topological polar surface area (TPSA) is 41.6 Å². The largest absolute Gasteiger partial charge is 0.379 e. The fourth-order valence-electron chi connectivity index (χ4n) is 2.40. The summed E-state index contributed by atoms with van der Waals surface area (Å²) in [5.41, 5.74) is 0.864. The van der Waals surface area contributed by atoms with E-state index in [0.717, 1.165) is 18.7 Å². The molecule has 2 atom stereocenters. The third kappa shape index (κ3) is 4.33. The van der Waals surface area contributed by atoms with E-state index in [9.17, 15) is 4.79 Å². The van der Waals surface area contributed by atoms with Gasteiger partial charge in [0.05, 0.1) is 25.3 Å². The lowest BCUT2D eigenvalue weighted by molar-refractivity contribution is -0.128. The Hall–Kier alpha value is -0.810. The van der Waals surface area contributed by atoms with Crippen LogP contribution >= 0.6 is 23.2 Å². The number of morpholine rings is 1. The average Bonchev–Trinajstić information content (AvgIpc) is 2.47. The molecular weight excluding hydrogens is 311 g/mol. The molecule has 6 heteroatoms. The Balaban J connectivity index is 1.97. The van der Waals surface area contributed by atoms with Crippen LogP contribution in [0.15, 0.2) is 18.2 Å². The van der Waals surface area contributed by atoms with Crippen molar-refractivity contribution in [2.24, 2.45) is 0 Å². The van der Waals surface area contributed by atoms with Crippen LogP contribution < -0.4 is 5.32 Å². The second-order valence-corrected chi connectivity index (χ2v) is 6.06. The molecule has 1 aliphatic rings. The van der Waals surface area contributed by atoms with Gasteiger partial charge in [0.15, 0.2) is 0 Å². The summed E-state index contributed by atoms with van der Waals surface area (Å²) in [5, 5.41) is 4.16. The molecule has 1 heterocycles. The Bertz CT molecular complexity index is 504. The first-order valence-electron chi connectivity index (χ1n) is 7.06. The number of carbonyl (C=O) groups is 1. The second-order valence-electron chi connectivity index (χ2n) is 5.22. The van der Waals surface area contributed by atoms with E-state index < -0.39 is 0 Å². The summed E-state index contributed by atoms with van der Waals surface area (Å²) in [6.45, 7) is 6.75. The molecule has 1 aliphatic heterocycles. The number of hydrogen-bond acceptors (Lipinski definition) is 3. The van der Waals surface area contributed by atoms with E-state index in [-0.39, 0.29) is 18.0 Å². The van der Waals surface area contributed by atoms with Gasteiger partial charge in [-0.3, -0.25) is 9.69 Å². The van der Waals surface area contributed by atoms with E-state index in [1.54, 1.807) is 12.1 Å². The van der Waals surface area contributed by atoms with Crippen LogP contribution in [0.4, 0.5) is 0 Å². The highest BCUT2D eigenvalue weighted by atomic mass is 35.5. The number of hydrogen-bond donors (Lipinski definition) is 1. The van der Waals surface area contributed by atoms with Crippen LogP contribution in [0.1, 0.15) is 25.5 Å². The number of nitrogens with one attached hydrogen (secondary N) is 1. The molecule has 0 aromatic heterocycles. The van der Waals surface area contributed by atoms with E-state index in [0.29, 0.717) is 23.3 Å². The summed E-state index contributed by atoms with van der Waals surface area (Å²) >= 11 is 12.1. The van der Waals surface area contributed by atoms with Gasteiger partial charge in [-0.1, -0.05) is 29.3 Å². The minimum absolute atomic E-state index is 0.00424. The molecule has 2 rings (SSSR count). The summed E-state index contributed by atoms with van der Waals surface area (Å²) in [7, 11) is 0. The Labute approximate surface area is 135 Å². The normalized spacial score (nSPS) is 19.0. The molecule has 0 bridgehead atoms. The van der Waals surface area contributed by atoms with Crippen molar-refractivity contribution in [2.75, 3.05) is 26.3 Å². The minimum atomic E-state index is -0.178. The molecule has 1 N–H and O–H groups in total. The molecule has 0 spiro atoms. The van der Waals surface area contributed by atoms with Crippen LogP contribution in [0.5, 0.6) is 0 Å². The van der Waals surface area contributed by atoms with Gasteiger partial charge < -0.3 is 10.1 Å². The van der Waals surface area contributed by atoms with E-state index in [2.05, 4.69) is 10.2 Å². The number of amides is 1. The monoisotopic (exact) mass is 330 g/mol. The van der Waals surface area contributed by atoms with Crippen molar-refractivity contribution < 1.29 is 9.53 Å².